The Morgan fingerprint density at radius 3 is 2.59 bits per heavy atom. The summed E-state index contributed by atoms with van der Waals surface area (Å²) in [6, 6.07) is 0. The highest BCUT2D eigenvalue weighted by Crippen LogP contribution is 2.23. The lowest BCUT2D eigenvalue weighted by Crippen LogP contribution is -2.34. The number of hydrogen-bond donors (Lipinski definition) is 0. The summed E-state index contributed by atoms with van der Waals surface area (Å²) in [7, 11) is 0. The maximum absolute atomic E-state index is 4.88. The predicted molar refractivity (Wildman–Crippen MR) is 142 cm³/mol. The minimum Gasteiger partial charge on any atom is -0.341 e. The van der Waals surface area contributed by atoms with E-state index in [1.165, 1.54) is 25.0 Å². The van der Waals surface area contributed by atoms with Gasteiger partial charge in [0.15, 0.2) is 4.96 Å². The second-order valence-electron chi connectivity index (χ2n) is 7.48. The standard InChI is InChI=1S/C24H33N5S.C2H6/c1-4-6-7-8-9-11-14-21-22(29-17-18-30-24(29)27-21)19-20(5-2)26-23(25-3)28-15-12-10-13-16-28;1-2/h4-6,11,14,17-18H,3,7-10,12-13,15-16,19H2,1-2H3;1-2H3/b6-4-,14-11+,20-5-,26-23?;. The summed E-state index contributed by atoms with van der Waals surface area (Å²) in [5, 5.41) is 2.08. The lowest BCUT2D eigenvalue weighted by molar-refractivity contribution is 0.339. The van der Waals surface area contributed by atoms with Gasteiger partial charge in [-0.25, -0.2) is 15.0 Å². The molecule has 0 aliphatic carbocycles. The molecule has 32 heavy (non-hydrogen) atoms. The maximum Gasteiger partial charge on any atom is 0.224 e. The van der Waals surface area contributed by atoms with Crippen molar-refractivity contribution in [2.45, 2.75) is 72.6 Å². The fraction of sp³-hybridized carbons (Fsp3) is 0.500. The van der Waals surface area contributed by atoms with E-state index in [1.807, 2.05) is 20.8 Å². The van der Waals surface area contributed by atoms with Crippen molar-refractivity contribution in [1.29, 1.82) is 0 Å². The first-order valence-corrected chi connectivity index (χ1v) is 12.8. The second kappa shape index (κ2) is 14.6. The third kappa shape index (κ3) is 7.30. The molecule has 1 fully saturated rings. The Labute approximate surface area is 198 Å². The van der Waals surface area contributed by atoms with Crippen LogP contribution in [0.1, 0.15) is 77.6 Å². The molecule has 1 aliphatic rings. The normalized spacial score (nSPS) is 15.6. The van der Waals surface area contributed by atoms with Crippen LogP contribution in [-0.4, -0.2) is 40.1 Å². The SMILES string of the molecule is C=NC(=N/C(=C\C)Cc1c(/C=C/CCC/C=C\C)nc2sccn12)N1CCCCC1.CC. The van der Waals surface area contributed by atoms with Crippen molar-refractivity contribution in [3.8, 4) is 0 Å². The zero-order valence-corrected chi connectivity index (χ0v) is 21.1. The van der Waals surface area contributed by atoms with Crippen molar-refractivity contribution in [3.05, 3.63) is 53.0 Å². The third-order valence-electron chi connectivity index (χ3n) is 5.35. The first kappa shape index (κ1) is 25.8. The topological polar surface area (TPSA) is 45.3 Å². The number of unbranched alkanes of at least 4 members (excludes halogenated alkanes) is 2. The summed E-state index contributed by atoms with van der Waals surface area (Å²) < 4.78 is 2.19. The quantitative estimate of drug-likeness (QED) is 0.184. The lowest BCUT2D eigenvalue weighted by atomic mass is 10.1. The van der Waals surface area contributed by atoms with Gasteiger partial charge in [-0.2, -0.15) is 0 Å². The number of thiazole rings is 1. The molecule has 2 aromatic heterocycles. The number of guanidine groups is 1. The molecule has 0 radical (unpaired) electrons. The number of fused-ring (bicyclic) bond motifs is 1. The Hall–Kier alpha value is -2.47. The van der Waals surface area contributed by atoms with Gasteiger partial charge in [0.25, 0.3) is 0 Å². The Morgan fingerprint density at radius 1 is 1.16 bits per heavy atom. The Morgan fingerprint density at radius 2 is 1.91 bits per heavy atom. The Bertz CT molecular complexity index is 939. The third-order valence-corrected chi connectivity index (χ3v) is 6.11. The molecule has 0 amide bonds. The minimum absolute atomic E-state index is 0.722. The molecule has 174 valence electrons. The molecular weight excluding hydrogens is 414 g/mol. The van der Waals surface area contributed by atoms with E-state index in [9.17, 15) is 0 Å². The highest BCUT2D eigenvalue weighted by Gasteiger charge is 2.16. The van der Waals surface area contributed by atoms with Crippen LogP contribution in [0.2, 0.25) is 0 Å². The van der Waals surface area contributed by atoms with Gasteiger partial charge in [0.1, 0.15) is 0 Å². The molecule has 3 rings (SSSR count). The number of nitrogens with zero attached hydrogens (tertiary/aromatic N) is 5. The summed E-state index contributed by atoms with van der Waals surface area (Å²) in [4.78, 5) is 17.2. The van der Waals surface area contributed by atoms with Crippen LogP contribution in [0.3, 0.4) is 0 Å². The van der Waals surface area contributed by atoms with Crippen molar-refractivity contribution < 1.29 is 0 Å². The van der Waals surface area contributed by atoms with Gasteiger partial charge < -0.3 is 4.90 Å². The van der Waals surface area contributed by atoms with Crippen molar-refractivity contribution in [1.82, 2.24) is 14.3 Å². The van der Waals surface area contributed by atoms with Crippen molar-refractivity contribution in [2.75, 3.05) is 13.1 Å². The molecule has 2 aromatic rings. The van der Waals surface area contributed by atoms with E-state index in [-0.39, 0.29) is 0 Å². The van der Waals surface area contributed by atoms with Gasteiger partial charge >= 0.3 is 0 Å². The predicted octanol–water partition coefficient (Wildman–Crippen LogP) is 7.17. The van der Waals surface area contributed by atoms with Gasteiger partial charge in [0.2, 0.25) is 5.96 Å². The maximum atomic E-state index is 4.88. The highest BCUT2D eigenvalue weighted by molar-refractivity contribution is 7.15. The van der Waals surface area contributed by atoms with E-state index in [2.05, 4.69) is 69.9 Å². The van der Waals surface area contributed by atoms with Crippen LogP contribution >= 0.6 is 11.3 Å². The molecular formula is C26H39N5S. The molecule has 0 bridgehead atoms. The summed E-state index contributed by atoms with van der Waals surface area (Å²) in [6.07, 6.45) is 20.6. The number of aromatic nitrogens is 2. The van der Waals surface area contributed by atoms with E-state index >= 15 is 0 Å². The molecule has 1 saturated heterocycles. The van der Waals surface area contributed by atoms with Crippen LogP contribution in [-0.2, 0) is 6.42 Å². The Balaban J connectivity index is 0.00000176. The largest absolute Gasteiger partial charge is 0.341 e. The first-order valence-electron chi connectivity index (χ1n) is 11.9. The van der Waals surface area contributed by atoms with Crippen molar-refractivity contribution >= 4 is 35.1 Å². The van der Waals surface area contributed by atoms with Crippen LogP contribution < -0.4 is 0 Å². The summed E-state index contributed by atoms with van der Waals surface area (Å²) in [6.45, 7) is 13.9. The number of rotatable bonds is 8. The molecule has 1 aliphatic heterocycles. The van der Waals surface area contributed by atoms with E-state index in [0.717, 1.165) is 61.1 Å². The number of piperidine rings is 1. The molecule has 5 nitrogen and oxygen atoms in total. The number of imidazole rings is 1. The second-order valence-corrected chi connectivity index (χ2v) is 8.35. The van der Waals surface area contributed by atoms with Crippen molar-refractivity contribution in [2.24, 2.45) is 9.98 Å². The highest BCUT2D eigenvalue weighted by atomic mass is 32.1. The van der Waals surface area contributed by atoms with Gasteiger partial charge in [-0.3, -0.25) is 4.40 Å². The summed E-state index contributed by atoms with van der Waals surface area (Å²) in [5.41, 5.74) is 3.21. The number of aliphatic imine (C=N–C) groups is 2. The first-order chi connectivity index (χ1) is 15.8. The lowest BCUT2D eigenvalue weighted by Gasteiger charge is -2.27. The van der Waals surface area contributed by atoms with Gasteiger partial charge in [0, 0.05) is 36.8 Å². The average molecular weight is 454 g/mol. The van der Waals surface area contributed by atoms with Gasteiger partial charge in [-0.1, -0.05) is 38.2 Å². The molecule has 0 spiro atoms. The average Bonchev–Trinajstić information content (AvgIpc) is 3.43. The van der Waals surface area contributed by atoms with Crippen LogP contribution in [0.5, 0.6) is 0 Å². The fourth-order valence-electron chi connectivity index (χ4n) is 3.68. The number of allylic oxidation sites excluding steroid dienone is 5. The zero-order valence-electron chi connectivity index (χ0n) is 20.3. The molecule has 6 heteroatoms. The minimum atomic E-state index is 0.722. The van der Waals surface area contributed by atoms with Gasteiger partial charge in [0.05, 0.1) is 11.4 Å². The molecule has 0 atom stereocenters. The van der Waals surface area contributed by atoms with Gasteiger partial charge in [-0.15, -0.1) is 11.3 Å². The van der Waals surface area contributed by atoms with Crippen LogP contribution in [0.15, 0.2) is 51.6 Å². The fourth-order valence-corrected chi connectivity index (χ4v) is 4.42. The van der Waals surface area contributed by atoms with Crippen LogP contribution in [0.25, 0.3) is 11.0 Å². The van der Waals surface area contributed by atoms with E-state index in [4.69, 9.17) is 9.98 Å². The van der Waals surface area contributed by atoms with Crippen LogP contribution in [0.4, 0.5) is 0 Å². The smallest absolute Gasteiger partial charge is 0.224 e. The van der Waals surface area contributed by atoms with Crippen molar-refractivity contribution in [3.63, 3.8) is 0 Å². The molecule has 0 aromatic carbocycles. The van der Waals surface area contributed by atoms with Gasteiger partial charge in [-0.05, 0) is 65.2 Å². The molecule has 3 heterocycles. The number of likely N-dealkylation sites (tertiary alicyclic amines) is 1. The van der Waals surface area contributed by atoms with Crippen LogP contribution in [0, 0.1) is 0 Å². The summed E-state index contributed by atoms with van der Waals surface area (Å²) in [5.74, 6) is 0.745. The van der Waals surface area contributed by atoms with E-state index in [1.54, 1.807) is 11.3 Å². The van der Waals surface area contributed by atoms with E-state index < -0.39 is 0 Å². The molecule has 0 saturated carbocycles. The summed E-state index contributed by atoms with van der Waals surface area (Å²) >= 11 is 1.67. The zero-order chi connectivity index (χ0) is 23.2. The van der Waals surface area contributed by atoms with E-state index in [0.29, 0.717) is 0 Å². The Kier molecular flexibility index (Phi) is 11.7. The number of hydrogen-bond acceptors (Lipinski definition) is 3. The monoisotopic (exact) mass is 453 g/mol. The molecule has 0 N–H and O–H groups in total. The molecule has 0 unspecified atom stereocenters.